The van der Waals surface area contributed by atoms with Crippen molar-refractivity contribution in [3.8, 4) is 0 Å². The van der Waals surface area contributed by atoms with Crippen molar-refractivity contribution in [1.82, 2.24) is 0 Å². The standard InChI is InChI=1S/C19H19NOS/c1-19(2,3)22(21)20-13-18-16-10-6-4-8-14(16)12-15-9-5-7-11-17(15)18/h4-13H,1-3H3/b20-13+. The van der Waals surface area contributed by atoms with Gasteiger partial charge in [-0.3, -0.25) is 0 Å². The molecule has 1 atom stereocenters. The molecule has 22 heavy (non-hydrogen) atoms. The zero-order valence-electron chi connectivity index (χ0n) is 13.0. The Morgan fingerprint density at radius 3 is 1.91 bits per heavy atom. The summed E-state index contributed by atoms with van der Waals surface area (Å²) >= 11 is 0. The molecule has 3 rings (SSSR count). The van der Waals surface area contributed by atoms with E-state index in [1.54, 1.807) is 6.21 Å². The Balaban J connectivity index is 2.25. The van der Waals surface area contributed by atoms with Gasteiger partial charge in [-0.15, -0.1) is 0 Å². The molecule has 0 fully saturated rings. The monoisotopic (exact) mass is 309 g/mol. The van der Waals surface area contributed by atoms with Crippen molar-refractivity contribution < 1.29 is 4.21 Å². The van der Waals surface area contributed by atoms with E-state index in [0.29, 0.717) is 0 Å². The van der Waals surface area contributed by atoms with Gasteiger partial charge < -0.3 is 0 Å². The lowest BCUT2D eigenvalue weighted by molar-refractivity contribution is 0.651. The van der Waals surface area contributed by atoms with Crippen LogP contribution in [0.2, 0.25) is 0 Å². The molecule has 0 radical (unpaired) electrons. The van der Waals surface area contributed by atoms with Crippen molar-refractivity contribution in [1.29, 1.82) is 0 Å². The van der Waals surface area contributed by atoms with Gasteiger partial charge >= 0.3 is 0 Å². The molecule has 0 N–H and O–H groups in total. The normalized spacial score (nSPS) is 14.0. The van der Waals surface area contributed by atoms with Crippen molar-refractivity contribution in [2.75, 3.05) is 0 Å². The van der Waals surface area contributed by atoms with Crippen molar-refractivity contribution in [2.24, 2.45) is 4.40 Å². The molecule has 0 spiro atoms. The van der Waals surface area contributed by atoms with Gasteiger partial charge in [-0.25, -0.2) is 4.21 Å². The van der Waals surface area contributed by atoms with E-state index in [4.69, 9.17) is 0 Å². The molecule has 0 aliphatic carbocycles. The van der Waals surface area contributed by atoms with Crippen LogP contribution in [-0.2, 0) is 11.0 Å². The second-order valence-electron chi connectivity index (χ2n) is 6.33. The summed E-state index contributed by atoms with van der Waals surface area (Å²) < 4.78 is 16.2. The Kier molecular flexibility index (Phi) is 3.83. The molecule has 1 unspecified atom stereocenters. The summed E-state index contributed by atoms with van der Waals surface area (Å²) in [5, 5.41) is 4.61. The molecule has 3 aromatic rings. The maximum atomic E-state index is 12.2. The second-order valence-corrected chi connectivity index (χ2v) is 8.26. The van der Waals surface area contributed by atoms with Gasteiger partial charge in [-0.1, -0.05) is 48.5 Å². The third-order valence-electron chi connectivity index (χ3n) is 3.61. The topological polar surface area (TPSA) is 29.4 Å². The van der Waals surface area contributed by atoms with Crippen LogP contribution in [0.25, 0.3) is 21.5 Å². The molecule has 0 saturated heterocycles. The molecule has 0 aliphatic heterocycles. The number of fused-ring (bicyclic) bond motifs is 2. The van der Waals surface area contributed by atoms with Crippen LogP contribution in [0.1, 0.15) is 26.3 Å². The zero-order valence-corrected chi connectivity index (χ0v) is 13.9. The minimum Gasteiger partial charge on any atom is -0.234 e. The molecule has 0 heterocycles. The Labute approximate surface area is 133 Å². The van der Waals surface area contributed by atoms with Crippen molar-refractivity contribution in [3.05, 3.63) is 60.2 Å². The second kappa shape index (κ2) is 5.65. The molecule has 112 valence electrons. The van der Waals surface area contributed by atoms with Gasteiger partial charge in [0.05, 0.1) is 4.75 Å². The third-order valence-corrected chi connectivity index (χ3v) is 4.96. The number of hydrogen-bond acceptors (Lipinski definition) is 1. The molecule has 3 aromatic carbocycles. The van der Waals surface area contributed by atoms with E-state index in [9.17, 15) is 4.21 Å². The van der Waals surface area contributed by atoms with E-state index in [2.05, 4.69) is 34.7 Å². The fourth-order valence-electron chi connectivity index (χ4n) is 2.45. The fourth-order valence-corrected chi connectivity index (χ4v) is 2.96. The maximum absolute atomic E-state index is 12.2. The van der Waals surface area contributed by atoms with E-state index >= 15 is 0 Å². The minimum absolute atomic E-state index is 0.350. The largest absolute Gasteiger partial charge is 0.234 e. The van der Waals surface area contributed by atoms with Crippen molar-refractivity contribution in [2.45, 2.75) is 25.5 Å². The van der Waals surface area contributed by atoms with Crippen LogP contribution >= 0.6 is 0 Å². The fraction of sp³-hybridized carbons (Fsp3) is 0.211. The van der Waals surface area contributed by atoms with Crippen molar-refractivity contribution in [3.63, 3.8) is 0 Å². The first-order valence-electron chi connectivity index (χ1n) is 7.33. The summed E-state index contributed by atoms with van der Waals surface area (Å²) in [5.74, 6) is 0. The summed E-state index contributed by atoms with van der Waals surface area (Å²) in [6, 6.07) is 18.7. The molecule has 0 saturated carbocycles. The summed E-state index contributed by atoms with van der Waals surface area (Å²) in [4.78, 5) is 0. The van der Waals surface area contributed by atoms with Crippen LogP contribution in [0.4, 0.5) is 0 Å². The lowest BCUT2D eigenvalue weighted by atomic mass is 9.97. The number of rotatable bonds is 2. The molecule has 0 bridgehead atoms. The highest BCUT2D eigenvalue weighted by Crippen LogP contribution is 2.27. The molecule has 0 aliphatic rings. The smallest absolute Gasteiger partial charge is 0.144 e. The molecule has 0 aromatic heterocycles. The highest BCUT2D eigenvalue weighted by atomic mass is 32.2. The SMILES string of the molecule is CC(C)(C)S(=O)/N=C/c1c2ccccc2cc2ccccc12. The number of nitrogens with zero attached hydrogens (tertiary/aromatic N) is 1. The van der Waals surface area contributed by atoms with Gasteiger partial charge in [0.2, 0.25) is 0 Å². The molecular weight excluding hydrogens is 290 g/mol. The highest BCUT2D eigenvalue weighted by Gasteiger charge is 2.18. The maximum Gasteiger partial charge on any atom is 0.144 e. The number of benzene rings is 3. The summed E-state index contributed by atoms with van der Waals surface area (Å²) in [7, 11) is -1.25. The van der Waals surface area contributed by atoms with E-state index in [-0.39, 0.29) is 4.75 Å². The average molecular weight is 309 g/mol. The van der Waals surface area contributed by atoms with Crippen LogP contribution in [0.5, 0.6) is 0 Å². The van der Waals surface area contributed by atoms with E-state index in [1.807, 2.05) is 45.0 Å². The van der Waals surface area contributed by atoms with Gasteiger partial charge in [-0.05, 0) is 48.4 Å². The zero-order chi connectivity index (χ0) is 15.7. The first-order chi connectivity index (χ1) is 10.5. The van der Waals surface area contributed by atoms with Crippen molar-refractivity contribution >= 4 is 38.7 Å². The van der Waals surface area contributed by atoms with E-state index < -0.39 is 11.0 Å². The molecular formula is C19H19NOS. The lowest BCUT2D eigenvalue weighted by Crippen LogP contribution is -2.19. The predicted molar refractivity (Wildman–Crippen MR) is 96.9 cm³/mol. The van der Waals surface area contributed by atoms with Crippen LogP contribution in [0.3, 0.4) is 0 Å². The summed E-state index contributed by atoms with van der Waals surface area (Å²) in [6.07, 6.45) is 1.77. The van der Waals surface area contributed by atoms with Crippen LogP contribution in [-0.4, -0.2) is 15.2 Å². The predicted octanol–water partition coefficient (Wildman–Crippen LogP) is 4.87. The van der Waals surface area contributed by atoms with Gasteiger partial charge in [0.1, 0.15) is 11.0 Å². The van der Waals surface area contributed by atoms with Gasteiger partial charge in [-0.2, -0.15) is 4.40 Å². The molecule has 0 amide bonds. The van der Waals surface area contributed by atoms with E-state index in [1.165, 1.54) is 10.8 Å². The van der Waals surface area contributed by atoms with Crippen LogP contribution in [0.15, 0.2) is 59.0 Å². The third kappa shape index (κ3) is 2.81. The molecule has 2 nitrogen and oxygen atoms in total. The van der Waals surface area contributed by atoms with Crippen LogP contribution in [0, 0.1) is 0 Å². The van der Waals surface area contributed by atoms with Gasteiger partial charge in [0.25, 0.3) is 0 Å². The Hall–Kier alpha value is -2.00. The Morgan fingerprint density at radius 2 is 1.41 bits per heavy atom. The summed E-state index contributed by atoms with van der Waals surface area (Å²) in [6.45, 7) is 5.80. The Morgan fingerprint density at radius 1 is 0.909 bits per heavy atom. The Bertz CT molecular complexity index is 837. The van der Waals surface area contributed by atoms with E-state index in [0.717, 1.165) is 16.3 Å². The molecule has 3 heteroatoms. The quantitative estimate of drug-likeness (QED) is 0.490. The summed E-state index contributed by atoms with van der Waals surface area (Å²) in [5.41, 5.74) is 1.03. The highest BCUT2D eigenvalue weighted by molar-refractivity contribution is 7.85. The number of hydrogen-bond donors (Lipinski definition) is 0. The van der Waals surface area contributed by atoms with Gasteiger partial charge in [0, 0.05) is 11.8 Å². The first-order valence-corrected chi connectivity index (χ1v) is 8.44. The lowest BCUT2D eigenvalue weighted by Gasteiger charge is -2.13. The first kappa shape index (κ1) is 14.9. The minimum atomic E-state index is -1.25. The average Bonchev–Trinajstić information content (AvgIpc) is 2.50. The van der Waals surface area contributed by atoms with Crippen LogP contribution < -0.4 is 0 Å². The van der Waals surface area contributed by atoms with Gasteiger partial charge in [0.15, 0.2) is 0 Å².